The van der Waals surface area contributed by atoms with Gasteiger partial charge in [-0.25, -0.2) is 9.59 Å². The number of carboxylic acid groups (broad SMARTS) is 2. The zero-order chi connectivity index (χ0) is 10.3. The standard InChI is InChI=1S/C9H13NO4/c11-8(12)7-6(5-1-2-5)3-4-10(7)9(13)14/h5-7H,1-4H2,(H,11,12)(H,13,14). The van der Waals surface area contributed by atoms with Crippen molar-refractivity contribution in [2.75, 3.05) is 6.54 Å². The predicted octanol–water partition coefficient (Wildman–Crippen LogP) is 0.850. The summed E-state index contributed by atoms with van der Waals surface area (Å²) < 4.78 is 0. The number of rotatable bonds is 2. The van der Waals surface area contributed by atoms with Gasteiger partial charge in [-0.15, -0.1) is 0 Å². The molecule has 5 heteroatoms. The van der Waals surface area contributed by atoms with E-state index in [2.05, 4.69) is 0 Å². The lowest BCUT2D eigenvalue weighted by molar-refractivity contribution is -0.143. The Morgan fingerprint density at radius 2 is 1.79 bits per heavy atom. The maximum atomic E-state index is 11.0. The Morgan fingerprint density at radius 1 is 1.14 bits per heavy atom. The van der Waals surface area contributed by atoms with Crippen LogP contribution in [0, 0.1) is 11.8 Å². The van der Waals surface area contributed by atoms with Crippen LogP contribution in [0.1, 0.15) is 19.3 Å². The van der Waals surface area contributed by atoms with Crippen molar-refractivity contribution < 1.29 is 19.8 Å². The topological polar surface area (TPSA) is 77.8 Å². The first kappa shape index (κ1) is 9.30. The number of nitrogens with zero attached hydrogens (tertiary/aromatic N) is 1. The fourth-order valence-electron chi connectivity index (χ4n) is 2.37. The number of likely N-dealkylation sites (tertiary alicyclic amines) is 1. The number of amides is 1. The molecule has 0 aromatic heterocycles. The van der Waals surface area contributed by atoms with E-state index in [1.54, 1.807) is 0 Å². The summed E-state index contributed by atoms with van der Waals surface area (Å²) in [4.78, 5) is 22.8. The highest BCUT2D eigenvalue weighted by Gasteiger charge is 2.48. The van der Waals surface area contributed by atoms with Crippen LogP contribution in [0.4, 0.5) is 4.79 Å². The Hall–Kier alpha value is -1.26. The highest BCUT2D eigenvalue weighted by atomic mass is 16.4. The fraction of sp³-hybridized carbons (Fsp3) is 0.778. The summed E-state index contributed by atoms with van der Waals surface area (Å²) in [5.41, 5.74) is 0. The summed E-state index contributed by atoms with van der Waals surface area (Å²) in [5, 5.41) is 17.8. The number of carbonyl (C=O) groups is 2. The van der Waals surface area contributed by atoms with Gasteiger partial charge in [0.15, 0.2) is 0 Å². The monoisotopic (exact) mass is 199 g/mol. The van der Waals surface area contributed by atoms with Gasteiger partial charge in [0.05, 0.1) is 0 Å². The molecule has 1 amide bonds. The molecule has 2 N–H and O–H groups in total. The minimum Gasteiger partial charge on any atom is -0.480 e. The van der Waals surface area contributed by atoms with Crippen LogP contribution in [0.2, 0.25) is 0 Å². The molecule has 5 nitrogen and oxygen atoms in total. The molecule has 2 rings (SSSR count). The van der Waals surface area contributed by atoms with Crippen LogP contribution in [-0.4, -0.2) is 39.8 Å². The fourth-order valence-corrected chi connectivity index (χ4v) is 2.37. The van der Waals surface area contributed by atoms with Gasteiger partial charge in [-0.3, -0.25) is 4.90 Å². The lowest BCUT2D eigenvalue weighted by Crippen LogP contribution is -2.43. The zero-order valence-electron chi connectivity index (χ0n) is 7.72. The van der Waals surface area contributed by atoms with Crippen LogP contribution in [0.15, 0.2) is 0 Å². The molecule has 0 spiro atoms. The zero-order valence-corrected chi connectivity index (χ0v) is 7.72. The van der Waals surface area contributed by atoms with E-state index < -0.39 is 18.1 Å². The molecule has 1 aliphatic carbocycles. The smallest absolute Gasteiger partial charge is 0.408 e. The molecular formula is C9H13NO4. The summed E-state index contributed by atoms with van der Waals surface area (Å²) in [6, 6.07) is -0.806. The van der Waals surface area contributed by atoms with E-state index in [9.17, 15) is 9.59 Å². The SMILES string of the molecule is O=C(O)C1C(C2CC2)CCN1C(=O)O. The molecule has 1 saturated carbocycles. The second kappa shape index (κ2) is 3.15. The van der Waals surface area contributed by atoms with Gasteiger partial charge in [-0.2, -0.15) is 0 Å². The summed E-state index contributed by atoms with van der Waals surface area (Å²) in [5.74, 6) is -0.508. The minimum absolute atomic E-state index is 0.0450. The van der Waals surface area contributed by atoms with Crippen molar-refractivity contribution in [2.45, 2.75) is 25.3 Å². The molecule has 78 valence electrons. The summed E-state index contributed by atoms with van der Waals surface area (Å²) >= 11 is 0. The van der Waals surface area contributed by atoms with Crippen molar-refractivity contribution in [3.05, 3.63) is 0 Å². The highest BCUT2D eigenvalue weighted by Crippen LogP contribution is 2.44. The summed E-state index contributed by atoms with van der Waals surface area (Å²) in [7, 11) is 0. The highest BCUT2D eigenvalue weighted by molar-refractivity contribution is 5.80. The van der Waals surface area contributed by atoms with Crippen molar-refractivity contribution in [1.29, 1.82) is 0 Å². The van der Waals surface area contributed by atoms with Crippen molar-refractivity contribution in [2.24, 2.45) is 11.8 Å². The van der Waals surface area contributed by atoms with E-state index in [0.29, 0.717) is 18.9 Å². The van der Waals surface area contributed by atoms with E-state index >= 15 is 0 Å². The maximum absolute atomic E-state index is 11.0. The quantitative estimate of drug-likeness (QED) is 0.691. The molecule has 0 radical (unpaired) electrons. The Balaban J connectivity index is 2.14. The molecule has 1 heterocycles. The molecule has 0 aromatic carbocycles. The predicted molar refractivity (Wildman–Crippen MR) is 47.0 cm³/mol. The average molecular weight is 199 g/mol. The number of hydrogen-bond donors (Lipinski definition) is 2. The van der Waals surface area contributed by atoms with Gasteiger partial charge in [0, 0.05) is 6.54 Å². The first-order valence-electron chi connectivity index (χ1n) is 4.83. The first-order valence-corrected chi connectivity index (χ1v) is 4.83. The van der Waals surface area contributed by atoms with Gasteiger partial charge in [-0.1, -0.05) is 0 Å². The van der Waals surface area contributed by atoms with Crippen molar-refractivity contribution in [3.8, 4) is 0 Å². The van der Waals surface area contributed by atoms with Crippen molar-refractivity contribution in [3.63, 3.8) is 0 Å². The third kappa shape index (κ3) is 1.42. The van der Waals surface area contributed by atoms with Gasteiger partial charge >= 0.3 is 12.1 Å². The second-order valence-corrected chi connectivity index (χ2v) is 4.05. The molecular weight excluding hydrogens is 186 g/mol. The molecule has 2 unspecified atom stereocenters. The van der Waals surface area contributed by atoms with E-state index in [1.165, 1.54) is 0 Å². The number of aliphatic carboxylic acids is 1. The molecule has 1 saturated heterocycles. The Kier molecular flexibility index (Phi) is 2.09. The van der Waals surface area contributed by atoms with Crippen LogP contribution < -0.4 is 0 Å². The molecule has 0 aromatic rings. The Labute approximate surface area is 81.3 Å². The van der Waals surface area contributed by atoms with Crippen LogP contribution >= 0.6 is 0 Å². The second-order valence-electron chi connectivity index (χ2n) is 4.05. The summed E-state index contributed by atoms with van der Waals surface area (Å²) in [6.45, 7) is 0.369. The number of carboxylic acids is 1. The van der Waals surface area contributed by atoms with E-state index in [1.807, 2.05) is 0 Å². The van der Waals surface area contributed by atoms with E-state index in [0.717, 1.165) is 17.7 Å². The Morgan fingerprint density at radius 3 is 2.21 bits per heavy atom. The molecule has 1 aliphatic heterocycles. The third-order valence-electron chi connectivity index (χ3n) is 3.17. The largest absolute Gasteiger partial charge is 0.480 e. The van der Waals surface area contributed by atoms with Crippen LogP contribution in [0.5, 0.6) is 0 Å². The summed E-state index contributed by atoms with van der Waals surface area (Å²) in [6.07, 6.45) is 1.71. The van der Waals surface area contributed by atoms with Crippen LogP contribution in [0.25, 0.3) is 0 Å². The first-order chi connectivity index (χ1) is 6.61. The third-order valence-corrected chi connectivity index (χ3v) is 3.17. The van der Waals surface area contributed by atoms with Crippen LogP contribution in [0.3, 0.4) is 0 Å². The van der Waals surface area contributed by atoms with Gasteiger partial charge in [0.25, 0.3) is 0 Å². The number of hydrogen-bond acceptors (Lipinski definition) is 2. The maximum Gasteiger partial charge on any atom is 0.408 e. The molecule has 14 heavy (non-hydrogen) atoms. The molecule has 0 bridgehead atoms. The Bertz CT molecular complexity index is 274. The van der Waals surface area contributed by atoms with Crippen LogP contribution in [-0.2, 0) is 4.79 Å². The van der Waals surface area contributed by atoms with Gasteiger partial charge in [0.1, 0.15) is 6.04 Å². The van der Waals surface area contributed by atoms with Gasteiger partial charge in [0.2, 0.25) is 0 Å². The molecule has 2 aliphatic rings. The minimum atomic E-state index is -1.11. The van der Waals surface area contributed by atoms with E-state index in [4.69, 9.17) is 10.2 Å². The van der Waals surface area contributed by atoms with Crippen molar-refractivity contribution in [1.82, 2.24) is 4.90 Å². The van der Waals surface area contributed by atoms with Crippen molar-refractivity contribution >= 4 is 12.1 Å². The average Bonchev–Trinajstić information content (AvgIpc) is 2.83. The normalized spacial score (nSPS) is 31.9. The van der Waals surface area contributed by atoms with Gasteiger partial charge < -0.3 is 10.2 Å². The van der Waals surface area contributed by atoms with Gasteiger partial charge in [-0.05, 0) is 31.1 Å². The van der Waals surface area contributed by atoms with E-state index in [-0.39, 0.29) is 5.92 Å². The molecule has 2 atom stereocenters. The lowest BCUT2D eigenvalue weighted by atomic mass is 9.95. The molecule has 2 fully saturated rings. The lowest BCUT2D eigenvalue weighted by Gasteiger charge is -2.21.